The quantitative estimate of drug-likeness (QED) is 0.220. The lowest BCUT2D eigenvalue weighted by molar-refractivity contribution is 0.0600. The van der Waals surface area contributed by atoms with E-state index in [-0.39, 0.29) is 5.56 Å². The minimum absolute atomic E-state index is 0.271. The zero-order valence-corrected chi connectivity index (χ0v) is 20.8. The van der Waals surface area contributed by atoms with Gasteiger partial charge in [0.25, 0.3) is 0 Å². The molecule has 1 aromatic carbocycles. The molecule has 0 aliphatic heterocycles. The van der Waals surface area contributed by atoms with Crippen LogP contribution < -0.4 is 10.1 Å². The summed E-state index contributed by atoms with van der Waals surface area (Å²) in [6.45, 7) is 9.51. The van der Waals surface area contributed by atoms with Crippen LogP contribution in [0, 0.1) is 6.92 Å². The number of hydrogen-bond donors (Lipinski definition) is 1. The van der Waals surface area contributed by atoms with Gasteiger partial charge in [0.15, 0.2) is 5.82 Å². The highest BCUT2D eigenvalue weighted by Gasteiger charge is 2.20. The molecule has 0 unspecified atom stereocenters. The lowest BCUT2D eigenvalue weighted by Gasteiger charge is -2.12. The topological polar surface area (TPSA) is 108 Å². The number of allylic oxidation sites excluding steroid dienone is 3. The van der Waals surface area contributed by atoms with Crippen LogP contribution in [0.1, 0.15) is 29.9 Å². The van der Waals surface area contributed by atoms with E-state index in [1.54, 1.807) is 29.2 Å². The number of ether oxygens (including phenoxy) is 2. The van der Waals surface area contributed by atoms with Crippen LogP contribution in [-0.4, -0.2) is 51.2 Å². The average Bonchev–Trinajstić information content (AvgIpc) is 3.48. The van der Waals surface area contributed by atoms with E-state index in [1.807, 2.05) is 55.7 Å². The lowest BCUT2D eigenvalue weighted by atomic mass is 10.2. The highest BCUT2D eigenvalue weighted by Crippen LogP contribution is 2.25. The third kappa shape index (κ3) is 4.88. The van der Waals surface area contributed by atoms with Crippen molar-refractivity contribution < 1.29 is 14.3 Å². The Morgan fingerprint density at radius 3 is 2.61 bits per heavy atom. The summed E-state index contributed by atoms with van der Waals surface area (Å²) in [6.07, 6.45) is 5.50. The van der Waals surface area contributed by atoms with Gasteiger partial charge in [-0.1, -0.05) is 11.6 Å². The second-order valence-electron chi connectivity index (χ2n) is 8.17. The highest BCUT2D eigenvalue weighted by molar-refractivity contribution is 5.93. The van der Waals surface area contributed by atoms with Gasteiger partial charge in [0, 0.05) is 17.4 Å². The summed E-state index contributed by atoms with van der Waals surface area (Å²) in [5.41, 5.74) is 4.56. The van der Waals surface area contributed by atoms with E-state index >= 15 is 0 Å². The van der Waals surface area contributed by atoms with Crippen LogP contribution in [0.15, 0.2) is 71.3 Å². The molecule has 0 saturated heterocycles. The highest BCUT2D eigenvalue weighted by atomic mass is 16.5. The number of carbonyl (C=O) groups excluding carboxylic acids is 1. The maximum absolute atomic E-state index is 12.5. The molecule has 0 spiro atoms. The number of carbonyl (C=O) groups is 1. The van der Waals surface area contributed by atoms with Crippen molar-refractivity contribution >= 4 is 29.4 Å². The summed E-state index contributed by atoms with van der Waals surface area (Å²) in [5, 5.41) is 7.68. The van der Waals surface area contributed by atoms with Gasteiger partial charge in [-0.2, -0.15) is 0 Å². The fourth-order valence-corrected chi connectivity index (χ4v) is 3.56. The summed E-state index contributed by atoms with van der Waals surface area (Å²) < 4.78 is 13.6. The molecule has 0 saturated carbocycles. The predicted molar refractivity (Wildman–Crippen MR) is 139 cm³/mol. The molecule has 3 aromatic heterocycles. The number of nitrogens with one attached hydrogen (secondary N) is 1. The van der Waals surface area contributed by atoms with Gasteiger partial charge in [-0.25, -0.2) is 24.4 Å². The minimum atomic E-state index is -0.521. The average molecular weight is 486 g/mol. The molecule has 0 aliphatic rings. The van der Waals surface area contributed by atoms with Crippen molar-refractivity contribution in [3.8, 4) is 17.5 Å². The van der Waals surface area contributed by atoms with Gasteiger partial charge in [0.05, 0.1) is 25.3 Å². The van der Waals surface area contributed by atoms with Crippen LogP contribution in [0.5, 0.6) is 5.88 Å². The molecule has 0 aliphatic carbocycles. The maximum Gasteiger partial charge on any atom is 0.341 e. The maximum atomic E-state index is 12.5. The molecule has 10 heteroatoms. The van der Waals surface area contributed by atoms with Crippen LogP contribution in [0.25, 0.3) is 22.7 Å². The van der Waals surface area contributed by atoms with Gasteiger partial charge in [-0.3, -0.25) is 4.57 Å². The number of nitrogens with zero attached hydrogens (tertiary/aromatic N) is 6. The van der Waals surface area contributed by atoms with E-state index in [2.05, 4.69) is 27.1 Å². The number of imidazole rings is 1. The van der Waals surface area contributed by atoms with E-state index in [1.165, 1.54) is 14.2 Å². The molecule has 36 heavy (non-hydrogen) atoms. The van der Waals surface area contributed by atoms with Crippen molar-refractivity contribution in [2.24, 2.45) is 4.99 Å². The first kappa shape index (κ1) is 24.4. The second-order valence-corrected chi connectivity index (χ2v) is 8.17. The monoisotopic (exact) mass is 485 g/mol. The number of aliphatic imine (C=N–C) groups is 1. The number of rotatable bonds is 8. The van der Waals surface area contributed by atoms with Gasteiger partial charge in [-0.15, -0.1) is 5.10 Å². The number of hydrogen-bond acceptors (Lipinski definition) is 8. The smallest absolute Gasteiger partial charge is 0.341 e. The zero-order valence-electron chi connectivity index (χ0n) is 20.8. The lowest BCUT2D eigenvalue weighted by Crippen LogP contribution is -2.13. The van der Waals surface area contributed by atoms with E-state index in [0.717, 1.165) is 28.0 Å². The van der Waals surface area contributed by atoms with Gasteiger partial charge in [0.2, 0.25) is 5.88 Å². The fourth-order valence-electron chi connectivity index (χ4n) is 3.56. The molecule has 4 rings (SSSR count). The molecule has 10 nitrogen and oxygen atoms in total. The Labute approximate surface area is 208 Å². The van der Waals surface area contributed by atoms with Crippen LogP contribution in [0.2, 0.25) is 0 Å². The summed E-state index contributed by atoms with van der Waals surface area (Å²) in [5.74, 6) is 1.37. The van der Waals surface area contributed by atoms with Crippen LogP contribution in [0.3, 0.4) is 0 Å². The van der Waals surface area contributed by atoms with E-state index in [4.69, 9.17) is 14.5 Å². The normalized spacial score (nSPS) is 11.3. The number of methoxy groups -OCH3 is 2. The van der Waals surface area contributed by atoms with Crippen molar-refractivity contribution in [2.45, 2.75) is 20.8 Å². The molecule has 1 N–H and O–H groups in total. The minimum Gasteiger partial charge on any atom is -0.480 e. The Morgan fingerprint density at radius 1 is 1.14 bits per heavy atom. The van der Waals surface area contributed by atoms with Crippen molar-refractivity contribution in [2.75, 3.05) is 19.5 Å². The number of fused-ring (bicyclic) bond motifs is 1. The molecule has 4 aromatic rings. The Kier molecular flexibility index (Phi) is 6.95. The summed E-state index contributed by atoms with van der Waals surface area (Å²) in [4.78, 5) is 25.8. The third-order valence-corrected chi connectivity index (χ3v) is 5.35. The third-order valence-electron chi connectivity index (χ3n) is 5.35. The van der Waals surface area contributed by atoms with Crippen LogP contribution in [-0.2, 0) is 4.74 Å². The first-order valence-corrected chi connectivity index (χ1v) is 11.1. The first-order valence-electron chi connectivity index (χ1n) is 11.1. The van der Waals surface area contributed by atoms with E-state index < -0.39 is 5.97 Å². The van der Waals surface area contributed by atoms with Crippen molar-refractivity contribution in [3.05, 3.63) is 77.5 Å². The largest absolute Gasteiger partial charge is 0.480 e. The van der Waals surface area contributed by atoms with Crippen molar-refractivity contribution in [3.63, 3.8) is 0 Å². The number of esters is 1. The van der Waals surface area contributed by atoms with Gasteiger partial charge >= 0.3 is 5.97 Å². The number of pyridine rings is 1. The van der Waals surface area contributed by atoms with Gasteiger partial charge in [-0.05, 0) is 63.9 Å². The summed E-state index contributed by atoms with van der Waals surface area (Å²) in [7, 11) is 2.86. The standard InChI is InChI=1S/C26H27N7O3/c1-16(2)7-11-22(27-4)29-18-8-10-20-21(14-18)32(15-28-20)23-12-9-19(26(34)36-6)25(30-23)33-17(3)13-24(31-33)35-5/h7-15,29H,4H2,1-3,5-6H3/b22-11+. The molecular weight excluding hydrogens is 458 g/mol. The van der Waals surface area contributed by atoms with E-state index in [0.29, 0.717) is 23.3 Å². The van der Waals surface area contributed by atoms with Crippen LogP contribution in [0.4, 0.5) is 5.69 Å². The fraction of sp³-hybridized carbons (Fsp3) is 0.192. The Bertz CT molecular complexity index is 1510. The molecule has 0 atom stereocenters. The predicted octanol–water partition coefficient (Wildman–Crippen LogP) is 4.63. The molecule has 0 fully saturated rings. The molecule has 0 amide bonds. The molecule has 0 bridgehead atoms. The Morgan fingerprint density at radius 2 is 1.94 bits per heavy atom. The summed E-state index contributed by atoms with van der Waals surface area (Å²) >= 11 is 0. The SMILES string of the molecule is C=N/C(=C\C=C(C)C)Nc1ccc2ncn(-c3ccc(C(=O)OC)c(-n4nc(OC)cc4C)n3)c2c1. The summed E-state index contributed by atoms with van der Waals surface area (Å²) in [6, 6.07) is 10.9. The molecule has 184 valence electrons. The molecule has 3 heterocycles. The molecule has 0 radical (unpaired) electrons. The number of aryl methyl sites for hydroxylation is 1. The van der Waals surface area contributed by atoms with Crippen LogP contribution >= 0.6 is 0 Å². The second kappa shape index (κ2) is 10.3. The van der Waals surface area contributed by atoms with Crippen molar-refractivity contribution in [1.82, 2.24) is 24.3 Å². The zero-order chi connectivity index (χ0) is 25.8. The first-order chi connectivity index (χ1) is 17.3. The number of aromatic nitrogens is 5. The van der Waals surface area contributed by atoms with Gasteiger partial charge < -0.3 is 14.8 Å². The Hall–Kier alpha value is -4.73. The number of anilines is 1. The molecular formula is C26H27N7O3. The van der Waals surface area contributed by atoms with Crippen molar-refractivity contribution in [1.29, 1.82) is 0 Å². The van der Waals surface area contributed by atoms with Gasteiger partial charge in [0.1, 0.15) is 23.5 Å². The number of benzene rings is 1. The van der Waals surface area contributed by atoms with E-state index in [9.17, 15) is 4.79 Å². The Balaban J connectivity index is 1.81.